The van der Waals surface area contributed by atoms with Crippen molar-refractivity contribution in [3.63, 3.8) is 0 Å². The molecule has 6 heteroatoms. The van der Waals surface area contributed by atoms with Crippen molar-refractivity contribution < 1.29 is 14.4 Å². The number of ether oxygens (including phenoxy) is 1. The van der Waals surface area contributed by atoms with Crippen molar-refractivity contribution in [2.75, 3.05) is 13.2 Å². The third-order valence-corrected chi connectivity index (χ3v) is 5.07. The van der Waals surface area contributed by atoms with Gasteiger partial charge < -0.3 is 9.57 Å². The standard InChI is InChI=1S/C21H23N3O3/c1-2-16-8-10-18(11-9-16)20(25)22-24-19(17-6-4-3-5-7-17)23-27-21(24)12-14-26-15-13-21/h3-11H,2,12-15H2,1H3,(H,22,25). The lowest BCUT2D eigenvalue weighted by atomic mass is 10.0. The molecule has 1 fully saturated rings. The van der Waals surface area contributed by atoms with E-state index >= 15 is 0 Å². The molecule has 0 atom stereocenters. The summed E-state index contributed by atoms with van der Waals surface area (Å²) in [6.45, 7) is 3.22. The molecule has 1 spiro atoms. The van der Waals surface area contributed by atoms with Crippen molar-refractivity contribution in [2.24, 2.45) is 5.16 Å². The highest BCUT2D eigenvalue weighted by molar-refractivity contribution is 6.02. The van der Waals surface area contributed by atoms with Gasteiger partial charge in [0.15, 0.2) is 5.84 Å². The number of oxime groups is 1. The Labute approximate surface area is 158 Å². The van der Waals surface area contributed by atoms with Crippen molar-refractivity contribution in [1.29, 1.82) is 0 Å². The highest BCUT2D eigenvalue weighted by Gasteiger charge is 2.48. The van der Waals surface area contributed by atoms with Crippen molar-refractivity contribution in [2.45, 2.75) is 31.9 Å². The topological polar surface area (TPSA) is 63.2 Å². The molecule has 2 aliphatic heterocycles. The van der Waals surface area contributed by atoms with Gasteiger partial charge in [-0.15, -0.1) is 0 Å². The molecular weight excluding hydrogens is 342 g/mol. The van der Waals surface area contributed by atoms with Crippen LogP contribution in [0.4, 0.5) is 0 Å². The molecule has 140 valence electrons. The third kappa shape index (κ3) is 3.40. The molecule has 2 aromatic carbocycles. The number of hydrogen-bond acceptors (Lipinski definition) is 5. The minimum atomic E-state index is -0.706. The Balaban J connectivity index is 1.61. The third-order valence-electron chi connectivity index (χ3n) is 5.07. The van der Waals surface area contributed by atoms with Crippen molar-refractivity contribution >= 4 is 11.7 Å². The normalized spacial score (nSPS) is 18.1. The number of amides is 1. The van der Waals surface area contributed by atoms with Crippen LogP contribution in [0.5, 0.6) is 0 Å². The summed E-state index contributed by atoms with van der Waals surface area (Å²) in [5, 5.41) is 6.09. The summed E-state index contributed by atoms with van der Waals surface area (Å²) in [6, 6.07) is 17.4. The number of hydrogen-bond donors (Lipinski definition) is 1. The molecule has 0 radical (unpaired) electrons. The van der Waals surface area contributed by atoms with E-state index in [1.165, 1.54) is 5.56 Å². The van der Waals surface area contributed by atoms with Crippen LogP contribution < -0.4 is 5.43 Å². The average Bonchev–Trinajstić information content (AvgIpc) is 3.06. The van der Waals surface area contributed by atoms with Gasteiger partial charge in [-0.2, -0.15) is 0 Å². The largest absolute Gasteiger partial charge is 0.381 e. The Hall–Kier alpha value is -2.86. The van der Waals surface area contributed by atoms with E-state index in [1.807, 2.05) is 54.6 Å². The number of rotatable bonds is 4. The van der Waals surface area contributed by atoms with Gasteiger partial charge in [-0.05, 0) is 24.1 Å². The molecule has 2 aromatic rings. The van der Waals surface area contributed by atoms with Crippen molar-refractivity contribution in [3.05, 3.63) is 71.3 Å². The summed E-state index contributed by atoms with van der Waals surface area (Å²) < 4.78 is 5.49. The molecule has 1 saturated heterocycles. The van der Waals surface area contributed by atoms with Crippen LogP contribution in [0.2, 0.25) is 0 Å². The van der Waals surface area contributed by atoms with Gasteiger partial charge in [-0.3, -0.25) is 10.2 Å². The SMILES string of the molecule is CCc1ccc(C(=O)NN2C(c3ccccc3)=NOC23CCOCC3)cc1. The number of benzene rings is 2. The van der Waals surface area contributed by atoms with Gasteiger partial charge in [-0.25, -0.2) is 5.01 Å². The number of nitrogens with zero attached hydrogens (tertiary/aromatic N) is 2. The maximum absolute atomic E-state index is 12.9. The Kier molecular flexibility index (Phi) is 4.81. The summed E-state index contributed by atoms with van der Waals surface area (Å²) >= 11 is 0. The molecule has 6 nitrogen and oxygen atoms in total. The molecule has 0 bridgehead atoms. The molecule has 27 heavy (non-hydrogen) atoms. The lowest BCUT2D eigenvalue weighted by molar-refractivity contribution is -0.163. The van der Waals surface area contributed by atoms with E-state index < -0.39 is 5.72 Å². The lowest BCUT2D eigenvalue weighted by Gasteiger charge is -2.39. The number of carbonyl (C=O) groups is 1. The maximum atomic E-state index is 12.9. The fourth-order valence-corrected chi connectivity index (χ4v) is 3.39. The molecule has 0 unspecified atom stereocenters. The predicted molar refractivity (Wildman–Crippen MR) is 102 cm³/mol. The first-order valence-electron chi connectivity index (χ1n) is 9.31. The van der Waals surface area contributed by atoms with Crippen molar-refractivity contribution in [1.82, 2.24) is 10.4 Å². The van der Waals surface area contributed by atoms with Crippen LogP contribution in [0.3, 0.4) is 0 Å². The summed E-state index contributed by atoms with van der Waals surface area (Å²) in [7, 11) is 0. The molecule has 4 rings (SSSR count). The molecular formula is C21H23N3O3. The van der Waals surface area contributed by atoms with E-state index in [4.69, 9.17) is 9.57 Å². The predicted octanol–water partition coefficient (Wildman–Crippen LogP) is 3.09. The summed E-state index contributed by atoms with van der Waals surface area (Å²) in [5.74, 6) is 0.425. The molecule has 0 aromatic heterocycles. The zero-order valence-corrected chi connectivity index (χ0v) is 15.4. The first-order valence-corrected chi connectivity index (χ1v) is 9.31. The van der Waals surface area contributed by atoms with Crippen LogP contribution in [-0.4, -0.2) is 35.7 Å². The Bertz CT molecular complexity index is 828. The van der Waals surface area contributed by atoms with Crippen LogP contribution in [0.1, 0.15) is 41.3 Å². The Morgan fingerprint density at radius 3 is 2.48 bits per heavy atom. The second-order valence-electron chi connectivity index (χ2n) is 6.76. The fourth-order valence-electron chi connectivity index (χ4n) is 3.39. The summed E-state index contributed by atoms with van der Waals surface area (Å²) in [4.78, 5) is 18.8. The quantitative estimate of drug-likeness (QED) is 0.904. The Morgan fingerprint density at radius 2 is 1.81 bits per heavy atom. The highest BCUT2D eigenvalue weighted by Crippen LogP contribution is 2.34. The van der Waals surface area contributed by atoms with Crippen LogP contribution in [0.15, 0.2) is 59.8 Å². The van der Waals surface area contributed by atoms with Gasteiger partial charge in [0.1, 0.15) is 0 Å². The second-order valence-corrected chi connectivity index (χ2v) is 6.76. The molecule has 2 heterocycles. The lowest BCUT2D eigenvalue weighted by Crippen LogP contribution is -2.59. The number of carbonyl (C=O) groups excluding carboxylic acids is 1. The zero-order valence-electron chi connectivity index (χ0n) is 15.4. The molecule has 1 amide bonds. The molecule has 2 aliphatic rings. The van der Waals surface area contributed by atoms with Crippen molar-refractivity contribution in [3.8, 4) is 0 Å². The number of hydrazine groups is 1. The van der Waals surface area contributed by atoms with E-state index in [-0.39, 0.29) is 5.91 Å². The molecule has 1 N–H and O–H groups in total. The van der Waals surface area contributed by atoms with Crippen LogP contribution in [-0.2, 0) is 16.0 Å². The molecule has 0 saturated carbocycles. The number of nitrogens with one attached hydrogen (secondary N) is 1. The van der Waals surface area contributed by atoms with Gasteiger partial charge in [0.25, 0.3) is 5.91 Å². The zero-order chi connectivity index (χ0) is 18.7. The first kappa shape index (κ1) is 17.5. The van der Waals surface area contributed by atoms with Crippen LogP contribution in [0.25, 0.3) is 0 Å². The van der Waals surface area contributed by atoms with Gasteiger partial charge in [-0.1, -0.05) is 54.5 Å². The highest BCUT2D eigenvalue weighted by atomic mass is 16.7. The van der Waals surface area contributed by atoms with Gasteiger partial charge in [0, 0.05) is 24.0 Å². The smallest absolute Gasteiger partial charge is 0.269 e. The van der Waals surface area contributed by atoms with E-state index in [0.29, 0.717) is 37.5 Å². The number of amidine groups is 1. The monoisotopic (exact) mass is 365 g/mol. The minimum Gasteiger partial charge on any atom is -0.381 e. The number of aryl methyl sites for hydroxylation is 1. The van der Waals surface area contributed by atoms with E-state index in [9.17, 15) is 4.79 Å². The maximum Gasteiger partial charge on any atom is 0.269 e. The van der Waals surface area contributed by atoms with Crippen LogP contribution in [0, 0.1) is 0 Å². The Morgan fingerprint density at radius 1 is 1.11 bits per heavy atom. The summed E-state index contributed by atoms with van der Waals surface area (Å²) in [6.07, 6.45) is 2.19. The fraction of sp³-hybridized carbons (Fsp3) is 0.333. The van der Waals surface area contributed by atoms with Gasteiger partial charge in [0.05, 0.1) is 13.2 Å². The minimum absolute atomic E-state index is 0.183. The van der Waals surface area contributed by atoms with E-state index in [0.717, 1.165) is 12.0 Å². The second kappa shape index (κ2) is 7.40. The van der Waals surface area contributed by atoms with Gasteiger partial charge in [0.2, 0.25) is 5.72 Å². The van der Waals surface area contributed by atoms with E-state index in [1.54, 1.807) is 5.01 Å². The average molecular weight is 365 g/mol. The first-order chi connectivity index (χ1) is 13.2. The van der Waals surface area contributed by atoms with Crippen LogP contribution >= 0.6 is 0 Å². The summed E-state index contributed by atoms with van der Waals surface area (Å²) in [5.41, 5.74) is 5.01. The van der Waals surface area contributed by atoms with E-state index in [2.05, 4.69) is 17.5 Å². The molecule has 0 aliphatic carbocycles. The van der Waals surface area contributed by atoms with Gasteiger partial charge >= 0.3 is 0 Å².